The molecule has 0 saturated carbocycles. The van der Waals surface area contributed by atoms with Gasteiger partial charge in [0.2, 0.25) is 0 Å². The molecular formula is C19H20F3N3O4. The highest BCUT2D eigenvalue weighted by Gasteiger charge is 2.63. The van der Waals surface area contributed by atoms with Gasteiger partial charge in [0.05, 0.1) is 12.3 Å². The normalized spacial score (nSPS) is 13.2. The van der Waals surface area contributed by atoms with Crippen molar-refractivity contribution in [1.29, 1.82) is 0 Å². The fraction of sp³-hybridized carbons (Fsp3) is 0.316. The second kappa shape index (κ2) is 9.87. The third-order valence-electron chi connectivity index (χ3n) is 3.71. The highest BCUT2D eigenvalue weighted by molar-refractivity contribution is 5.89. The monoisotopic (exact) mass is 411 g/mol. The number of nitrogens with zero attached hydrogens (tertiary/aromatic N) is 1. The Morgan fingerprint density at radius 3 is 2.34 bits per heavy atom. The number of hydrogen-bond donors (Lipinski definition) is 2. The molecule has 156 valence electrons. The molecule has 10 heteroatoms. The lowest BCUT2D eigenvalue weighted by atomic mass is 10.1. The molecule has 0 aliphatic rings. The van der Waals surface area contributed by atoms with Gasteiger partial charge in [-0.15, -0.1) is 0 Å². The first kappa shape index (κ1) is 22.2. The van der Waals surface area contributed by atoms with Gasteiger partial charge in [0.25, 0.3) is 11.6 Å². The molecule has 0 radical (unpaired) electrons. The Bertz CT molecular complexity index is 803. The molecule has 0 bridgehead atoms. The number of carbonyl (C=O) groups is 2. The molecule has 0 unspecified atom stereocenters. The number of ether oxygens (including phenoxy) is 2. The Hall–Kier alpha value is -3.14. The van der Waals surface area contributed by atoms with E-state index in [-0.39, 0.29) is 18.1 Å². The van der Waals surface area contributed by atoms with Gasteiger partial charge in [-0.05, 0) is 31.2 Å². The van der Waals surface area contributed by atoms with Crippen LogP contribution in [0.3, 0.4) is 0 Å². The largest absolute Gasteiger partial charge is 0.484 e. The topological polar surface area (TPSA) is 89.5 Å². The van der Waals surface area contributed by atoms with Crippen molar-refractivity contribution in [3.8, 4) is 5.75 Å². The Morgan fingerprint density at radius 1 is 1.07 bits per heavy atom. The van der Waals surface area contributed by atoms with E-state index < -0.39 is 36.9 Å². The summed E-state index contributed by atoms with van der Waals surface area (Å²) in [6, 6.07) is 12.7. The minimum atomic E-state index is -5.20. The molecular weight excluding hydrogens is 391 g/mol. The number of pyridine rings is 1. The molecule has 2 aromatic rings. The van der Waals surface area contributed by atoms with Crippen LogP contribution in [-0.4, -0.2) is 41.9 Å². The van der Waals surface area contributed by atoms with Gasteiger partial charge in [-0.2, -0.15) is 13.2 Å². The average molecular weight is 411 g/mol. The smallest absolute Gasteiger partial charge is 0.436 e. The number of nitrogens with one attached hydrogen (secondary N) is 2. The predicted octanol–water partition coefficient (Wildman–Crippen LogP) is 2.19. The molecule has 1 aromatic heterocycles. The number of halogens is 3. The summed E-state index contributed by atoms with van der Waals surface area (Å²) in [4.78, 5) is 28.4. The third-order valence-corrected chi connectivity index (χ3v) is 3.71. The van der Waals surface area contributed by atoms with E-state index in [0.29, 0.717) is 0 Å². The predicted molar refractivity (Wildman–Crippen MR) is 96.6 cm³/mol. The van der Waals surface area contributed by atoms with Crippen molar-refractivity contribution in [1.82, 2.24) is 15.6 Å². The minimum absolute atomic E-state index is 0.236. The lowest BCUT2D eigenvalue weighted by molar-refractivity contribution is -0.222. The van der Waals surface area contributed by atoms with Gasteiger partial charge >= 0.3 is 12.1 Å². The number of alkyl halides is 3. The summed E-state index contributed by atoms with van der Waals surface area (Å²) in [7, 11) is 0. The molecule has 1 heterocycles. The van der Waals surface area contributed by atoms with Crippen LogP contribution in [0.1, 0.15) is 12.6 Å². The SMILES string of the molecule is CCOC(=O)[C@](NCc1ccccn1)(NC(=O)COc1ccccc1)C(F)(F)F. The van der Waals surface area contributed by atoms with Crippen molar-refractivity contribution in [2.24, 2.45) is 0 Å². The molecule has 2 rings (SSSR count). The van der Waals surface area contributed by atoms with Crippen molar-refractivity contribution in [2.75, 3.05) is 13.2 Å². The Labute approximate surface area is 165 Å². The highest BCUT2D eigenvalue weighted by atomic mass is 19.4. The number of para-hydroxylation sites is 1. The van der Waals surface area contributed by atoms with Crippen LogP contribution in [0.5, 0.6) is 5.75 Å². The maximum absolute atomic E-state index is 13.9. The van der Waals surface area contributed by atoms with Gasteiger partial charge in [-0.3, -0.25) is 15.1 Å². The summed E-state index contributed by atoms with van der Waals surface area (Å²) in [5.41, 5.74) is -3.22. The summed E-state index contributed by atoms with van der Waals surface area (Å²) in [5, 5.41) is 3.75. The van der Waals surface area contributed by atoms with E-state index in [1.165, 1.54) is 31.3 Å². The molecule has 0 aliphatic carbocycles. The van der Waals surface area contributed by atoms with Crippen molar-refractivity contribution in [3.63, 3.8) is 0 Å². The second-order valence-electron chi connectivity index (χ2n) is 5.79. The molecule has 7 nitrogen and oxygen atoms in total. The summed E-state index contributed by atoms with van der Waals surface area (Å²) in [6.07, 6.45) is -3.81. The molecule has 2 N–H and O–H groups in total. The first-order chi connectivity index (χ1) is 13.8. The molecule has 0 spiro atoms. The van der Waals surface area contributed by atoms with Crippen LogP contribution in [0.2, 0.25) is 0 Å². The second-order valence-corrected chi connectivity index (χ2v) is 5.79. The van der Waals surface area contributed by atoms with Crippen LogP contribution in [0.4, 0.5) is 13.2 Å². The van der Waals surface area contributed by atoms with Gasteiger partial charge in [-0.1, -0.05) is 24.3 Å². The first-order valence-corrected chi connectivity index (χ1v) is 8.66. The van der Waals surface area contributed by atoms with Gasteiger partial charge in [0.1, 0.15) is 5.75 Å². The average Bonchev–Trinajstić information content (AvgIpc) is 2.70. The number of amides is 1. The molecule has 0 fully saturated rings. The molecule has 1 atom stereocenters. The molecule has 1 amide bonds. The van der Waals surface area contributed by atoms with E-state index in [1.54, 1.807) is 35.6 Å². The standard InChI is InChI=1S/C19H20F3N3O4/c1-2-28-17(27)18(19(20,21)22,24-12-14-8-6-7-11-23-14)25-16(26)13-29-15-9-4-3-5-10-15/h3-11,24H,2,12-13H2,1H3,(H,25,26)/t18-/m0/s1. The fourth-order valence-electron chi connectivity index (χ4n) is 2.33. The van der Waals surface area contributed by atoms with E-state index in [9.17, 15) is 22.8 Å². The van der Waals surface area contributed by atoms with Crippen molar-refractivity contribution in [2.45, 2.75) is 25.3 Å². The lowest BCUT2D eigenvalue weighted by Gasteiger charge is -2.34. The maximum Gasteiger partial charge on any atom is 0.436 e. The zero-order valence-electron chi connectivity index (χ0n) is 15.5. The number of carbonyl (C=O) groups excluding carboxylic acids is 2. The van der Waals surface area contributed by atoms with Crippen LogP contribution < -0.4 is 15.4 Å². The Balaban J connectivity index is 2.21. The number of aromatic nitrogens is 1. The fourth-order valence-corrected chi connectivity index (χ4v) is 2.33. The highest BCUT2D eigenvalue weighted by Crippen LogP contribution is 2.30. The van der Waals surface area contributed by atoms with Crippen LogP contribution in [0.25, 0.3) is 0 Å². The molecule has 0 saturated heterocycles. The third kappa shape index (κ3) is 5.92. The first-order valence-electron chi connectivity index (χ1n) is 8.66. The maximum atomic E-state index is 13.9. The van der Waals surface area contributed by atoms with Crippen LogP contribution in [0, 0.1) is 0 Å². The van der Waals surface area contributed by atoms with E-state index >= 15 is 0 Å². The summed E-state index contributed by atoms with van der Waals surface area (Å²) in [6.45, 7) is -0.123. The van der Waals surface area contributed by atoms with Crippen LogP contribution in [0.15, 0.2) is 54.7 Å². The van der Waals surface area contributed by atoms with Gasteiger partial charge in [0.15, 0.2) is 6.61 Å². The zero-order valence-corrected chi connectivity index (χ0v) is 15.5. The number of rotatable bonds is 9. The quantitative estimate of drug-likeness (QED) is 0.486. The number of benzene rings is 1. The zero-order chi connectivity index (χ0) is 21.3. The van der Waals surface area contributed by atoms with Gasteiger partial charge in [0, 0.05) is 12.7 Å². The van der Waals surface area contributed by atoms with E-state index in [1.807, 2.05) is 0 Å². The summed E-state index contributed by atoms with van der Waals surface area (Å²) in [5.74, 6) is -2.55. The van der Waals surface area contributed by atoms with E-state index in [0.717, 1.165) is 0 Å². The Kier molecular flexibility index (Phi) is 7.54. The van der Waals surface area contributed by atoms with Crippen molar-refractivity contribution < 1.29 is 32.2 Å². The van der Waals surface area contributed by atoms with E-state index in [2.05, 4.69) is 15.0 Å². The summed E-state index contributed by atoms with van der Waals surface area (Å²) < 4.78 is 51.6. The Morgan fingerprint density at radius 2 is 1.76 bits per heavy atom. The lowest BCUT2D eigenvalue weighted by Crippen LogP contribution is -2.73. The van der Waals surface area contributed by atoms with Crippen molar-refractivity contribution >= 4 is 11.9 Å². The molecule has 29 heavy (non-hydrogen) atoms. The van der Waals surface area contributed by atoms with Crippen molar-refractivity contribution in [3.05, 3.63) is 60.4 Å². The summed E-state index contributed by atoms with van der Waals surface area (Å²) >= 11 is 0. The van der Waals surface area contributed by atoms with E-state index in [4.69, 9.17) is 4.74 Å². The minimum Gasteiger partial charge on any atom is -0.484 e. The number of hydrogen-bond acceptors (Lipinski definition) is 6. The van der Waals surface area contributed by atoms with Gasteiger partial charge < -0.3 is 14.8 Å². The molecule has 1 aromatic carbocycles. The van der Waals surface area contributed by atoms with Crippen LogP contribution in [-0.2, 0) is 20.9 Å². The van der Waals surface area contributed by atoms with Crippen LogP contribution >= 0.6 is 0 Å². The molecule has 0 aliphatic heterocycles. The van der Waals surface area contributed by atoms with Gasteiger partial charge in [-0.25, -0.2) is 4.79 Å². The number of esters is 1.